The van der Waals surface area contributed by atoms with Gasteiger partial charge in [-0.15, -0.1) is 0 Å². The summed E-state index contributed by atoms with van der Waals surface area (Å²) in [6, 6.07) is 14.5. The van der Waals surface area contributed by atoms with Gasteiger partial charge < -0.3 is 25.2 Å². The summed E-state index contributed by atoms with van der Waals surface area (Å²) in [5.41, 5.74) is 4.50. The molecule has 2 unspecified atom stereocenters. The highest BCUT2D eigenvalue weighted by molar-refractivity contribution is 5.86. The standard InChI is InChI=1S/C23H24N2O6/c1-13(22(27)28)24-21(26)19-10-30-12-20(19)25-23(29)31-11-18-16-8-4-2-6-14(16)15-7-3-5-9-17(15)18/h2-9,13,18-20H,10-12H2,1H3,(H,24,26)(H,25,29)(H,27,28)/t13-,19?,20?/m0/s1. The Morgan fingerprint density at radius 1 is 1.06 bits per heavy atom. The number of hydrogen-bond acceptors (Lipinski definition) is 5. The first-order chi connectivity index (χ1) is 15.0. The SMILES string of the molecule is C[C@H](NC(=O)C1COCC1NC(=O)OCC1c2ccccc2-c2ccccc21)C(=O)O. The van der Waals surface area contributed by atoms with Gasteiger partial charge in [0.2, 0.25) is 5.91 Å². The number of carboxylic acids is 1. The number of carbonyl (C=O) groups excluding carboxylic acids is 2. The molecule has 4 rings (SSSR count). The maximum Gasteiger partial charge on any atom is 0.407 e. The average molecular weight is 424 g/mol. The minimum absolute atomic E-state index is 0.0616. The van der Waals surface area contributed by atoms with Gasteiger partial charge in [-0.05, 0) is 29.2 Å². The van der Waals surface area contributed by atoms with E-state index in [9.17, 15) is 14.4 Å². The van der Waals surface area contributed by atoms with Crippen molar-refractivity contribution in [3.63, 3.8) is 0 Å². The van der Waals surface area contributed by atoms with Crippen LogP contribution in [-0.4, -0.2) is 55.0 Å². The lowest BCUT2D eigenvalue weighted by Crippen LogP contribution is -2.49. The van der Waals surface area contributed by atoms with Crippen LogP contribution >= 0.6 is 0 Å². The van der Waals surface area contributed by atoms with E-state index in [1.165, 1.54) is 6.92 Å². The van der Waals surface area contributed by atoms with Crippen molar-refractivity contribution in [2.45, 2.75) is 24.9 Å². The molecule has 1 heterocycles. The van der Waals surface area contributed by atoms with Gasteiger partial charge in [0.25, 0.3) is 0 Å². The van der Waals surface area contributed by atoms with Gasteiger partial charge >= 0.3 is 12.1 Å². The molecule has 2 amide bonds. The third kappa shape index (κ3) is 4.25. The molecule has 0 radical (unpaired) electrons. The Hall–Kier alpha value is -3.39. The van der Waals surface area contributed by atoms with E-state index in [4.69, 9.17) is 14.6 Å². The van der Waals surface area contributed by atoms with Gasteiger partial charge in [0, 0.05) is 5.92 Å². The minimum Gasteiger partial charge on any atom is -0.480 e. The van der Waals surface area contributed by atoms with Gasteiger partial charge in [-0.25, -0.2) is 4.79 Å². The maximum absolute atomic E-state index is 12.5. The highest BCUT2D eigenvalue weighted by atomic mass is 16.5. The van der Waals surface area contributed by atoms with Gasteiger partial charge in [0.05, 0.1) is 25.2 Å². The average Bonchev–Trinajstić information content (AvgIpc) is 3.34. The number of ether oxygens (including phenoxy) is 2. The first kappa shape index (κ1) is 20.9. The van der Waals surface area contributed by atoms with E-state index in [2.05, 4.69) is 22.8 Å². The van der Waals surface area contributed by atoms with Crippen LogP contribution in [0.25, 0.3) is 11.1 Å². The summed E-state index contributed by atoms with van der Waals surface area (Å²) >= 11 is 0. The second kappa shape index (κ2) is 8.77. The molecule has 1 aliphatic carbocycles. The highest BCUT2D eigenvalue weighted by Crippen LogP contribution is 2.44. The fraction of sp³-hybridized carbons (Fsp3) is 0.348. The first-order valence-electron chi connectivity index (χ1n) is 10.2. The summed E-state index contributed by atoms with van der Waals surface area (Å²) in [5.74, 6) is -2.35. The Morgan fingerprint density at radius 2 is 1.68 bits per heavy atom. The summed E-state index contributed by atoms with van der Waals surface area (Å²) in [4.78, 5) is 35.8. The molecule has 8 nitrogen and oxygen atoms in total. The lowest BCUT2D eigenvalue weighted by molar-refractivity contribution is -0.142. The number of amides is 2. The highest BCUT2D eigenvalue weighted by Gasteiger charge is 2.37. The topological polar surface area (TPSA) is 114 Å². The van der Waals surface area contributed by atoms with E-state index in [1.54, 1.807) is 0 Å². The van der Waals surface area contributed by atoms with Crippen molar-refractivity contribution in [2.24, 2.45) is 5.92 Å². The zero-order valence-corrected chi connectivity index (χ0v) is 17.0. The summed E-state index contributed by atoms with van der Waals surface area (Å²) in [5, 5.41) is 14.1. The number of alkyl carbamates (subject to hydrolysis) is 1. The van der Waals surface area contributed by atoms with E-state index in [0.29, 0.717) is 0 Å². The molecule has 31 heavy (non-hydrogen) atoms. The van der Waals surface area contributed by atoms with Crippen LogP contribution in [0, 0.1) is 5.92 Å². The molecule has 1 aliphatic heterocycles. The summed E-state index contributed by atoms with van der Waals surface area (Å²) < 4.78 is 10.8. The van der Waals surface area contributed by atoms with Gasteiger partial charge in [-0.1, -0.05) is 48.5 Å². The van der Waals surface area contributed by atoms with E-state index in [-0.39, 0.29) is 25.7 Å². The van der Waals surface area contributed by atoms with Gasteiger partial charge in [-0.3, -0.25) is 9.59 Å². The number of benzene rings is 2. The maximum atomic E-state index is 12.5. The Bertz CT molecular complexity index is 962. The summed E-state index contributed by atoms with van der Waals surface area (Å²) in [6.45, 7) is 1.81. The predicted octanol–water partition coefficient (Wildman–Crippen LogP) is 2.13. The monoisotopic (exact) mass is 424 g/mol. The number of hydrogen-bond donors (Lipinski definition) is 3. The minimum atomic E-state index is -1.13. The van der Waals surface area contributed by atoms with Crippen LogP contribution in [-0.2, 0) is 19.1 Å². The van der Waals surface area contributed by atoms with E-state index >= 15 is 0 Å². The van der Waals surface area contributed by atoms with Gasteiger partial charge in [-0.2, -0.15) is 0 Å². The lowest BCUT2D eigenvalue weighted by atomic mass is 9.98. The molecular weight excluding hydrogens is 400 g/mol. The molecular formula is C23H24N2O6. The molecule has 0 saturated carbocycles. The third-order valence-corrected chi connectivity index (χ3v) is 5.79. The van der Waals surface area contributed by atoms with E-state index < -0.39 is 36.0 Å². The van der Waals surface area contributed by atoms with Crippen LogP contribution in [0.1, 0.15) is 24.0 Å². The molecule has 162 valence electrons. The normalized spacial score (nSPS) is 20.4. The molecule has 0 bridgehead atoms. The van der Waals surface area contributed by atoms with E-state index in [0.717, 1.165) is 22.3 Å². The largest absolute Gasteiger partial charge is 0.480 e. The number of rotatable bonds is 6. The fourth-order valence-corrected chi connectivity index (χ4v) is 4.13. The molecule has 2 aromatic carbocycles. The number of carbonyl (C=O) groups is 3. The van der Waals surface area contributed by atoms with Crippen LogP contribution in [0.3, 0.4) is 0 Å². The number of fused-ring (bicyclic) bond motifs is 3. The van der Waals surface area contributed by atoms with Gasteiger partial charge in [0.1, 0.15) is 12.6 Å². The lowest BCUT2D eigenvalue weighted by Gasteiger charge is -2.20. The molecule has 8 heteroatoms. The van der Waals surface area contributed by atoms with Crippen molar-refractivity contribution >= 4 is 18.0 Å². The Morgan fingerprint density at radius 3 is 2.29 bits per heavy atom. The second-order valence-corrected chi connectivity index (χ2v) is 7.79. The summed E-state index contributed by atoms with van der Waals surface area (Å²) in [7, 11) is 0. The molecule has 2 aromatic rings. The van der Waals surface area contributed by atoms with Gasteiger partial charge in [0.15, 0.2) is 0 Å². The smallest absolute Gasteiger partial charge is 0.407 e. The second-order valence-electron chi connectivity index (χ2n) is 7.79. The zero-order valence-electron chi connectivity index (χ0n) is 17.0. The summed E-state index contributed by atoms with van der Waals surface area (Å²) in [6.07, 6.45) is -0.638. The Labute approximate surface area is 179 Å². The van der Waals surface area contributed by atoms with E-state index in [1.807, 2.05) is 36.4 Å². The fourth-order valence-electron chi connectivity index (χ4n) is 4.13. The molecule has 1 fully saturated rings. The number of aliphatic carboxylic acids is 1. The molecule has 2 aliphatic rings. The zero-order chi connectivity index (χ0) is 22.0. The molecule has 3 atom stereocenters. The Kier molecular flexibility index (Phi) is 5.90. The molecule has 1 saturated heterocycles. The molecule has 3 N–H and O–H groups in total. The first-order valence-corrected chi connectivity index (χ1v) is 10.2. The van der Waals surface area contributed by atoms with Crippen molar-refractivity contribution in [3.05, 3.63) is 59.7 Å². The van der Waals surface area contributed by atoms with Crippen LogP contribution in [0.2, 0.25) is 0 Å². The molecule has 0 aromatic heterocycles. The number of nitrogens with one attached hydrogen (secondary N) is 2. The molecule has 0 spiro atoms. The van der Waals surface area contributed by atoms with Crippen LogP contribution in [0.4, 0.5) is 4.79 Å². The van der Waals surface area contributed by atoms with Crippen molar-refractivity contribution in [3.8, 4) is 11.1 Å². The van der Waals surface area contributed by atoms with Crippen LogP contribution < -0.4 is 10.6 Å². The van der Waals surface area contributed by atoms with Crippen LogP contribution in [0.5, 0.6) is 0 Å². The van der Waals surface area contributed by atoms with Crippen molar-refractivity contribution < 1.29 is 29.0 Å². The quantitative estimate of drug-likeness (QED) is 0.655. The Balaban J connectivity index is 1.37. The van der Waals surface area contributed by atoms with Crippen molar-refractivity contribution in [2.75, 3.05) is 19.8 Å². The van der Waals surface area contributed by atoms with Crippen molar-refractivity contribution in [1.29, 1.82) is 0 Å². The third-order valence-electron chi connectivity index (χ3n) is 5.79. The van der Waals surface area contributed by atoms with Crippen molar-refractivity contribution in [1.82, 2.24) is 10.6 Å². The number of carboxylic acid groups (broad SMARTS) is 1. The van der Waals surface area contributed by atoms with Crippen LogP contribution in [0.15, 0.2) is 48.5 Å². The predicted molar refractivity (Wildman–Crippen MR) is 112 cm³/mol.